The minimum Gasteiger partial charge on any atom is -0.393 e. The summed E-state index contributed by atoms with van der Waals surface area (Å²) in [5, 5.41) is 13.7. The molecule has 4 N–H and O–H groups in total. The average molecular weight is 435 g/mol. The number of halogens is 1. The van der Waals surface area contributed by atoms with E-state index >= 15 is 4.39 Å². The van der Waals surface area contributed by atoms with Crippen molar-refractivity contribution in [3.8, 4) is 11.1 Å². The lowest BCUT2D eigenvalue weighted by Gasteiger charge is -2.28. The number of nitrogens with two attached hydrogens (primary N) is 1. The first-order valence-corrected chi connectivity index (χ1v) is 11.2. The van der Waals surface area contributed by atoms with Crippen LogP contribution in [-0.4, -0.2) is 33.6 Å². The quantitative estimate of drug-likeness (QED) is 0.571. The number of aromatic nitrogens is 1. The molecular formula is C25H26FN3O3. The molecule has 1 aliphatic heterocycles. The molecule has 2 aliphatic rings. The predicted molar refractivity (Wildman–Crippen MR) is 121 cm³/mol. The van der Waals surface area contributed by atoms with Gasteiger partial charge >= 0.3 is 0 Å². The average Bonchev–Trinajstić information content (AvgIpc) is 3.12. The van der Waals surface area contributed by atoms with E-state index in [0.29, 0.717) is 53.4 Å². The third kappa shape index (κ3) is 3.46. The monoisotopic (exact) mass is 435 g/mol. The molecule has 0 saturated heterocycles. The standard InChI is InChI=1S/C25H26FN3O3/c26-18-3-1-4-21-24(18)23(20-5-2-6-22(31)29(20)21)14-7-12-17(25(27)32)19(13-14)28-15-8-10-16(30)11-9-15/h1,3-4,7,12-13,15-16,28,30H,2,5-6,8-11H2,(H2,27,32). The lowest BCUT2D eigenvalue weighted by atomic mass is 9.92. The van der Waals surface area contributed by atoms with E-state index in [4.69, 9.17) is 5.73 Å². The van der Waals surface area contributed by atoms with Gasteiger partial charge < -0.3 is 16.2 Å². The zero-order valence-electron chi connectivity index (χ0n) is 17.7. The maximum absolute atomic E-state index is 15.0. The van der Waals surface area contributed by atoms with Crippen molar-refractivity contribution in [1.82, 2.24) is 4.57 Å². The predicted octanol–water partition coefficient (Wildman–Crippen LogP) is 4.24. The number of amides is 1. The molecule has 1 fully saturated rings. The highest BCUT2D eigenvalue weighted by atomic mass is 19.1. The zero-order valence-corrected chi connectivity index (χ0v) is 17.7. The first kappa shape index (κ1) is 20.7. The minimum absolute atomic E-state index is 0.0269. The van der Waals surface area contributed by atoms with Gasteiger partial charge in [0.15, 0.2) is 0 Å². The second-order valence-corrected chi connectivity index (χ2v) is 8.81. The largest absolute Gasteiger partial charge is 0.393 e. The minimum atomic E-state index is -0.542. The number of primary amides is 1. The number of rotatable bonds is 4. The van der Waals surface area contributed by atoms with Crippen LogP contribution in [0.15, 0.2) is 36.4 Å². The van der Waals surface area contributed by atoms with E-state index in [-0.39, 0.29) is 23.9 Å². The van der Waals surface area contributed by atoms with Crippen LogP contribution >= 0.6 is 0 Å². The molecule has 2 heterocycles. The van der Waals surface area contributed by atoms with E-state index < -0.39 is 5.91 Å². The smallest absolute Gasteiger partial charge is 0.250 e. The fourth-order valence-electron chi connectivity index (χ4n) is 5.17. The fraction of sp³-hybridized carbons (Fsp3) is 0.360. The number of carbonyl (C=O) groups is 2. The molecular weight excluding hydrogens is 409 g/mol. The molecule has 1 aromatic heterocycles. The van der Waals surface area contributed by atoms with Crippen LogP contribution in [0.2, 0.25) is 0 Å². The van der Waals surface area contributed by atoms with Gasteiger partial charge in [-0.05, 0) is 68.4 Å². The van der Waals surface area contributed by atoms with Gasteiger partial charge in [-0.1, -0.05) is 12.1 Å². The summed E-state index contributed by atoms with van der Waals surface area (Å²) >= 11 is 0. The fourth-order valence-corrected chi connectivity index (χ4v) is 5.17. The SMILES string of the molecule is NC(=O)c1ccc(-c2c3n(c4cccc(F)c24)C(=O)CCC3)cc1NC1CCC(O)CC1. The number of anilines is 1. The van der Waals surface area contributed by atoms with Gasteiger partial charge in [-0.25, -0.2) is 4.39 Å². The number of carbonyl (C=O) groups excluding carboxylic acids is 2. The van der Waals surface area contributed by atoms with E-state index in [2.05, 4.69) is 5.32 Å². The second kappa shape index (κ2) is 8.06. The van der Waals surface area contributed by atoms with Crippen molar-refractivity contribution < 1.29 is 19.1 Å². The van der Waals surface area contributed by atoms with Crippen molar-refractivity contribution in [3.05, 3.63) is 53.5 Å². The van der Waals surface area contributed by atoms with Crippen molar-refractivity contribution in [1.29, 1.82) is 0 Å². The number of nitrogens with zero attached hydrogens (tertiary/aromatic N) is 1. The highest BCUT2D eigenvalue weighted by molar-refractivity contribution is 6.06. The van der Waals surface area contributed by atoms with Gasteiger partial charge in [-0.15, -0.1) is 0 Å². The van der Waals surface area contributed by atoms with Crippen molar-refractivity contribution >= 4 is 28.4 Å². The molecule has 2 aromatic carbocycles. The van der Waals surface area contributed by atoms with Crippen molar-refractivity contribution in [2.45, 2.75) is 57.1 Å². The van der Waals surface area contributed by atoms with Gasteiger partial charge in [0.2, 0.25) is 5.91 Å². The summed E-state index contributed by atoms with van der Waals surface area (Å²) in [5.41, 5.74) is 9.42. The molecule has 32 heavy (non-hydrogen) atoms. The van der Waals surface area contributed by atoms with Gasteiger partial charge in [0.05, 0.1) is 17.2 Å². The summed E-state index contributed by atoms with van der Waals surface area (Å²) in [6.07, 6.45) is 4.54. The molecule has 0 unspecified atom stereocenters. The van der Waals surface area contributed by atoms with Crippen LogP contribution in [-0.2, 0) is 6.42 Å². The van der Waals surface area contributed by atoms with E-state index in [0.717, 1.165) is 30.5 Å². The van der Waals surface area contributed by atoms with Gasteiger partial charge in [-0.3, -0.25) is 14.2 Å². The summed E-state index contributed by atoms with van der Waals surface area (Å²) in [7, 11) is 0. The number of benzene rings is 2. The van der Waals surface area contributed by atoms with Crippen LogP contribution in [0.4, 0.5) is 10.1 Å². The van der Waals surface area contributed by atoms with Gasteiger partial charge in [0, 0.05) is 34.8 Å². The Kier molecular flexibility index (Phi) is 5.21. The lowest BCUT2D eigenvalue weighted by molar-refractivity contribution is 0.0889. The van der Waals surface area contributed by atoms with Gasteiger partial charge in [-0.2, -0.15) is 0 Å². The molecule has 0 bridgehead atoms. The number of nitrogens with one attached hydrogen (secondary N) is 1. The second-order valence-electron chi connectivity index (χ2n) is 8.81. The molecule has 6 nitrogen and oxygen atoms in total. The molecule has 1 saturated carbocycles. The zero-order chi connectivity index (χ0) is 22.4. The number of hydrogen-bond donors (Lipinski definition) is 3. The third-order valence-electron chi connectivity index (χ3n) is 6.72. The van der Waals surface area contributed by atoms with Crippen LogP contribution in [0.3, 0.4) is 0 Å². The van der Waals surface area contributed by atoms with Gasteiger partial charge in [0.25, 0.3) is 5.91 Å². The molecule has 5 rings (SSSR count). The summed E-state index contributed by atoms with van der Waals surface area (Å²) in [6.45, 7) is 0. The summed E-state index contributed by atoms with van der Waals surface area (Å²) < 4.78 is 16.7. The Hall–Kier alpha value is -3.19. The van der Waals surface area contributed by atoms with E-state index in [1.165, 1.54) is 6.07 Å². The molecule has 0 spiro atoms. The molecule has 0 radical (unpaired) electrons. The Balaban J connectivity index is 1.66. The first-order chi connectivity index (χ1) is 15.4. The van der Waals surface area contributed by atoms with Crippen LogP contribution in [0, 0.1) is 5.82 Å². The number of hydrogen-bond acceptors (Lipinski definition) is 4. The summed E-state index contributed by atoms with van der Waals surface area (Å²) in [6, 6.07) is 10.2. The van der Waals surface area contributed by atoms with Crippen molar-refractivity contribution in [2.75, 3.05) is 5.32 Å². The third-order valence-corrected chi connectivity index (χ3v) is 6.72. The van der Waals surface area contributed by atoms with Crippen molar-refractivity contribution in [2.24, 2.45) is 5.73 Å². The van der Waals surface area contributed by atoms with Crippen LogP contribution in [0.25, 0.3) is 22.0 Å². The molecule has 7 heteroatoms. The lowest BCUT2D eigenvalue weighted by Crippen LogP contribution is -2.29. The Morgan fingerprint density at radius 3 is 2.66 bits per heavy atom. The van der Waals surface area contributed by atoms with Crippen LogP contribution in [0.1, 0.15) is 59.4 Å². The first-order valence-electron chi connectivity index (χ1n) is 11.2. The van der Waals surface area contributed by atoms with Crippen LogP contribution < -0.4 is 11.1 Å². The van der Waals surface area contributed by atoms with Crippen molar-refractivity contribution in [3.63, 3.8) is 0 Å². The number of aliphatic hydroxyl groups is 1. The van der Waals surface area contributed by atoms with E-state index in [1.807, 2.05) is 6.07 Å². The number of aliphatic hydroxyl groups excluding tert-OH is 1. The Morgan fingerprint density at radius 1 is 1.12 bits per heavy atom. The Bertz CT molecular complexity index is 1220. The maximum atomic E-state index is 15.0. The number of fused-ring (bicyclic) bond motifs is 3. The van der Waals surface area contributed by atoms with Crippen LogP contribution in [0.5, 0.6) is 0 Å². The topological polar surface area (TPSA) is 97.4 Å². The highest BCUT2D eigenvalue weighted by Crippen LogP contribution is 2.40. The summed E-state index contributed by atoms with van der Waals surface area (Å²) in [4.78, 5) is 24.8. The normalized spacial score (nSPS) is 20.9. The Morgan fingerprint density at radius 2 is 1.91 bits per heavy atom. The maximum Gasteiger partial charge on any atom is 0.250 e. The summed E-state index contributed by atoms with van der Waals surface area (Å²) in [5.74, 6) is -0.942. The molecule has 3 aromatic rings. The molecule has 166 valence electrons. The Labute approximate surface area is 185 Å². The highest BCUT2D eigenvalue weighted by Gasteiger charge is 2.28. The molecule has 1 amide bonds. The molecule has 0 atom stereocenters. The van der Waals surface area contributed by atoms with E-state index in [1.54, 1.807) is 28.8 Å². The molecule has 1 aliphatic carbocycles. The van der Waals surface area contributed by atoms with Gasteiger partial charge in [0.1, 0.15) is 5.82 Å². The van der Waals surface area contributed by atoms with E-state index in [9.17, 15) is 14.7 Å².